The summed E-state index contributed by atoms with van der Waals surface area (Å²) in [7, 11) is 3.93. The van der Waals surface area contributed by atoms with Crippen LogP contribution in [0.1, 0.15) is 25.1 Å². The fourth-order valence-corrected chi connectivity index (χ4v) is 1.51. The van der Waals surface area contributed by atoms with Gasteiger partial charge in [0.1, 0.15) is 0 Å². The minimum atomic E-state index is 0.694. The molecule has 13 heavy (non-hydrogen) atoms. The van der Waals surface area contributed by atoms with Crippen molar-refractivity contribution in [1.82, 2.24) is 15.1 Å². The molecule has 0 unspecified atom stereocenters. The van der Waals surface area contributed by atoms with Crippen LogP contribution in [0.3, 0.4) is 0 Å². The van der Waals surface area contributed by atoms with Crippen molar-refractivity contribution >= 4 is 0 Å². The summed E-state index contributed by atoms with van der Waals surface area (Å²) in [4.78, 5) is 0. The smallest absolute Gasteiger partial charge is 0.0794 e. The Hall–Kier alpha value is -0.830. The van der Waals surface area contributed by atoms with Crippen molar-refractivity contribution in [2.24, 2.45) is 13.0 Å². The van der Waals surface area contributed by atoms with Gasteiger partial charge in [-0.05, 0) is 24.9 Å². The molecule has 3 nitrogen and oxygen atoms in total. The lowest BCUT2D eigenvalue weighted by Crippen LogP contribution is -2.08. The van der Waals surface area contributed by atoms with Gasteiger partial charge in [0.05, 0.1) is 5.69 Å². The summed E-state index contributed by atoms with van der Waals surface area (Å²) in [5.74, 6) is 0.694. The summed E-state index contributed by atoms with van der Waals surface area (Å²) in [6.07, 6.45) is 3.23. The molecule has 1 rings (SSSR count). The van der Waals surface area contributed by atoms with Crippen LogP contribution < -0.4 is 5.32 Å². The molecule has 1 N–H and O–H groups in total. The molecule has 3 heteroatoms. The first kappa shape index (κ1) is 10.3. The highest BCUT2D eigenvalue weighted by Gasteiger charge is 2.07. The number of rotatable bonds is 4. The Balaban J connectivity index is 2.77. The van der Waals surface area contributed by atoms with Crippen LogP contribution in [0.4, 0.5) is 0 Å². The van der Waals surface area contributed by atoms with Crippen molar-refractivity contribution in [3.8, 4) is 0 Å². The predicted molar refractivity (Wildman–Crippen MR) is 54.5 cm³/mol. The lowest BCUT2D eigenvalue weighted by atomic mass is 10.0. The number of nitrogens with one attached hydrogen (secondary N) is 1. The lowest BCUT2D eigenvalue weighted by molar-refractivity contribution is 0.638. The van der Waals surface area contributed by atoms with Crippen LogP contribution in [0.2, 0.25) is 0 Å². The summed E-state index contributed by atoms with van der Waals surface area (Å²) >= 11 is 0. The molecule has 0 bridgehead atoms. The van der Waals surface area contributed by atoms with Crippen LogP contribution in [0.5, 0.6) is 0 Å². The Morgan fingerprint density at radius 3 is 2.77 bits per heavy atom. The SMILES string of the molecule is CNCc1nn(C)cc1CC(C)C. The number of aryl methyl sites for hydroxylation is 1. The molecule has 74 valence electrons. The Bertz CT molecular complexity index is 263. The Kier molecular flexibility index (Phi) is 3.48. The molecule has 0 radical (unpaired) electrons. The molecule has 0 aromatic carbocycles. The Labute approximate surface area is 80.1 Å². The average Bonchev–Trinajstić information content (AvgIpc) is 2.31. The topological polar surface area (TPSA) is 29.9 Å². The van der Waals surface area contributed by atoms with Gasteiger partial charge in [-0.1, -0.05) is 13.8 Å². The van der Waals surface area contributed by atoms with Crippen LogP contribution in [-0.4, -0.2) is 16.8 Å². The molecule has 0 fully saturated rings. The van der Waals surface area contributed by atoms with E-state index in [1.54, 1.807) is 0 Å². The summed E-state index contributed by atoms with van der Waals surface area (Å²) in [5.41, 5.74) is 2.55. The Morgan fingerprint density at radius 1 is 1.54 bits per heavy atom. The van der Waals surface area contributed by atoms with Crippen molar-refractivity contribution in [3.63, 3.8) is 0 Å². The second-order valence-corrected chi connectivity index (χ2v) is 3.90. The maximum Gasteiger partial charge on any atom is 0.0794 e. The molecule has 1 heterocycles. The zero-order valence-electron chi connectivity index (χ0n) is 8.96. The van der Waals surface area contributed by atoms with Gasteiger partial charge in [0.25, 0.3) is 0 Å². The highest BCUT2D eigenvalue weighted by Crippen LogP contribution is 2.11. The molecule has 0 aliphatic heterocycles. The van der Waals surface area contributed by atoms with Gasteiger partial charge in [0, 0.05) is 19.8 Å². The zero-order chi connectivity index (χ0) is 9.84. The van der Waals surface area contributed by atoms with Gasteiger partial charge in [-0.15, -0.1) is 0 Å². The summed E-state index contributed by atoms with van der Waals surface area (Å²) < 4.78 is 1.89. The normalized spacial score (nSPS) is 11.2. The molecule has 0 aliphatic carbocycles. The van der Waals surface area contributed by atoms with Crippen LogP contribution >= 0.6 is 0 Å². The monoisotopic (exact) mass is 181 g/mol. The van der Waals surface area contributed by atoms with Gasteiger partial charge < -0.3 is 5.32 Å². The molecule has 1 aromatic heterocycles. The molecule has 0 amide bonds. The number of aromatic nitrogens is 2. The van der Waals surface area contributed by atoms with Crippen LogP contribution in [0, 0.1) is 5.92 Å². The zero-order valence-corrected chi connectivity index (χ0v) is 8.96. The van der Waals surface area contributed by atoms with E-state index >= 15 is 0 Å². The minimum absolute atomic E-state index is 0.694. The van der Waals surface area contributed by atoms with Gasteiger partial charge in [-0.25, -0.2) is 0 Å². The third kappa shape index (κ3) is 2.84. The summed E-state index contributed by atoms with van der Waals surface area (Å²) in [6.45, 7) is 5.33. The van der Waals surface area contributed by atoms with Crippen LogP contribution in [0.25, 0.3) is 0 Å². The van der Waals surface area contributed by atoms with E-state index in [-0.39, 0.29) is 0 Å². The molecule has 0 aliphatic rings. The Morgan fingerprint density at radius 2 is 2.23 bits per heavy atom. The van der Waals surface area contributed by atoms with E-state index in [4.69, 9.17) is 0 Å². The van der Waals surface area contributed by atoms with Crippen LogP contribution in [-0.2, 0) is 20.0 Å². The first-order valence-electron chi connectivity index (χ1n) is 4.79. The lowest BCUT2D eigenvalue weighted by Gasteiger charge is -2.03. The van der Waals surface area contributed by atoms with Gasteiger partial charge >= 0.3 is 0 Å². The quantitative estimate of drug-likeness (QED) is 0.759. The molecule has 1 aromatic rings. The van der Waals surface area contributed by atoms with Crippen molar-refractivity contribution in [3.05, 3.63) is 17.5 Å². The van der Waals surface area contributed by atoms with E-state index in [2.05, 4.69) is 30.5 Å². The third-order valence-electron chi connectivity index (χ3n) is 1.96. The highest BCUT2D eigenvalue weighted by atomic mass is 15.3. The van der Waals surface area contributed by atoms with E-state index in [0.29, 0.717) is 5.92 Å². The van der Waals surface area contributed by atoms with Gasteiger partial charge in [-0.2, -0.15) is 5.10 Å². The molecule has 0 atom stereocenters. The number of nitrogens with zero attached hydrogens (tertiary/aromatic N) is 2. The van der Waals surface area contributed by atoms with Gasteiger partial charge in [0.2, 0.25) is 0 Å². The third-order valence-corrected chi connectivity index (χ3v) is 1.96. The van der Waals surface area contributed by atoms with Gasteiger partial charge in [-0.3, -0.25) is 4.68 Å². The van der Waals surface area contributed by atoms with Gasteiger partial charge in [0.15, 0.2) is 0 Å². The number of hydrogen-bond acceptors (Lipinski definition) is 2. The maximum atomic E-state index is 4.41. The summed E-state index contributed by atoms with van der Waals surface area (Å²) in [5, 5.41) is 7.54. The van der Waals surface area contributed by atoms with Crippen molar-refractivity contribution in [2.45, 2.75) is 26.8 Å². The minimum Gasteiger partial charge on any atom is -0.314 e. The number of hydrogen-bond donors (Lipinski definition) is 1. The molecule has 0 saturated carbocycles. The molecular formula is C10H19N3. The second kappa shape index (κ2) is 4.42. The first-order chi connectivity index (χ1) is 6.13. The van der Waals surface area contributed by atoms with E-state index in [0.717, 1.165) is 13.0 Å². The predicted octanol–water partition coefficient (Wildman–Crippen LogP) is 1.34. The average molecular weight is 181 g/mol. The molecular weight excluding hydrogens is 162 g/mol. The van der Waals surface area contributed by atoms with E-state index in [1.807, 2.05) is 18.8 Å². The van der Waals surface area contributed by atoms with Crippen molar-refractivity contribution in [1.29, 1.82) is 0 Å². The maximum absolute atomic E-state index is 4.41. The van der Waals surface area contributed by atoms with Crippen molar-refractivity contribution < 1.29 is 0 Å². The fraction of sp³-hybridized carbons (Fsp3) is 0.700. The van der Waals surface area contributed by atoms with Crippen molar-refractivity contribution in [2.75, 3.05) is 7.05 Å². The molecule has 0 spiro atoms. The molecule has 0 saturated heterocycles. The first-order valence-corrected chi connectivity index (χ1v) is 4.79. The largest absolute Gasteiger partial charge is 0.314 e. The highest BCUT2D eigenvalue weighted by molar-refractivity contribution is 5.17. The van der Waals surface area contributed by atoms with E-state index in [9.17, 15) is 0 Å². The van der Waals surface area contributed by atoms with E-state index < -0.39 is 0 Å². The fourth-order valence-electron chi connectivity index (χ4n) is 1.51. The van der Waals surface area contributed by atoms with E-state index in [1.165, 1.54) is 11.3 Å². The summed E-state index contributed by atoms with van der Waals surface area (Å²) in [6, 6.07) is 0. The second-order valence-electron chi connectivity index (χ2n) is 3.90. The van der Waals surface area contributed by atoms with Crippen LogP contribution in [0.15, 0.2) is 6.20 Å². The standard InChI is InChI=1S/C10H19N3/c1-8(2)5-9-7-13(4)12-10(9)6-11-3/h7-8,11H,5-6H2,1-4H3.